The van der Waals surface area contributed by atoms with Crippen molar-refractivity contribution in [3.05, 3.63) is 54.1 Å². The van der Waals surface area contributed by atoms with Gasteiger partial charge in [0.2, 0.25) is 0 Å². The van der Waals surface area contributed by atoms with E-state index in [4.69, 9.17) is 4.74 Å². The Morgan fingerprint density at radius 2 is 1.92 bits per heavy atom. The van der Waals surface area contributed by atoms with Crippen LogP contribution < -0.4 is 9.64 Å². The van der Waals surface area contributed by atoms with Crippen LogP contribution in [0.2, 0.25) is 0 Å². The lowest BCUT2D eigenvalue weighted by Crippen LogP contribution is -2.39. The van der Waals surface area contributed by atoms with Crippen LogP contribution in [0.3, 0.4) is 0 Å². The molecule has 0 aliphatic rings. The molecule has 0 bridgehead atoms. The van der Waals surface area contributed by atoms with Crippen molar-refractivity contribution in [3.63, 3.8) is 0 Å². The van der Waals surface area contributed by atoms with E-state index in [1.165, 1.54) is 11.3 Å². The van der Waals surface area contributed by atoms with Crippen LogP contribution in [0.5, 0.6) is 5.75 Å². The molecule has 0 fully saturated rings. The number of thiazole rings is 1. The van der Waals surface area contributed by atoms with Crippen molar-refractivity contribution < 1.29 is 9.53 Å². The lowest BCUT2D eigenvalue weighted by atomic mass is 10.2. The van der Waals surface area contributed by atoms with Crippen molar-refractivity contribution in [3.8, 4) is 5.75 Å². The van der Waals surface area contributed by atoms with Gasteiger partial charge in [0.05, 0.1) is 10.2 Å². The first-order valence-corrected chi connectivity index (χ1v) is 9.35. The minimum Gasteiger partial charge on any atom is -0.484 e. The molecule has 3 rings (SSSR count). The van der Waals surface area contributed by atoms with E-state index in [0.717, 1.165) is 22.3 Å². The van der Waals surface area contributed by atoms with Gasteiger partial charge in [0.1, 0.15) is 5.75 Å². The van der Waals surface area contributed by atoms with Crippen molar-refractivity contribution >= 4 is 32.6 Å². The molecule has 1 heterocycles. The summed E-state index contributed by atoms with van der Waals surface area (Å²) in [5, 5.41) is 0.714. The maximum atomic E-state index is 12.8. The number of anilines is 1. The number of amides is 1. The highest BCUT2D eigenvalue weighted by molar-refractivity contribution is 7.22. The summed E-state index contributed by atoms with van der Waals surface area (Å²) in [5.74, 6) is 0.614. The molecule has 1 aromatic heterocycles. The first kappa shape index (κ1) is 18.4. The summed E-state index contributed by atoms with van der Waals surface area (Å²) < 4.78 is 6.78. The minimum atomic E-state index is -0.0904. The van der Waals surface area contributed by atoms with E-state index in [-0.39, 0.29) is 12.5 Å². The Morgan fingerprint density at radius 3 is 2.65 bits per heavy atom. The van der Waals surface area contributed by atoms with E-state index < -0.39 is 0 Å². The van der Waals surface area contributed by atoms with Crippen LogP contribution in [0.4, 0.5) is 5.13 Å². The Bertz CT molecular complexity index is 858. The molecule has 0 aliphatic carbocycles. The van der Waals surface area contributed by atoms with E-state index in [9.17, 15) is 4.79 Å². The zero-order chi connectivity index (χ0) is 18.5. The number of carbonyl (C=O) groups is 1. The predicted molar refractivity (Wildman–Crippen MR) is 107 cm³/mol. The predicted octanol–water partition coefficient (Wildman–Crippen LogP) is 3.58. The van der Waals surface area contributed by atoms with Gasteiger partial charge in [-0.15, -0.1) is 0 Å². The minimum absolute atomic E-state index is 0.00714. The van der Waals surface area contributed by atoms with E-state index in [1.54, 1.807) is 4.90 Å². The van der Waals surface area contributed by atoms with Gasteiger partial charge in [0, 0.05) is 13.1 Å². The number of rotatable bonds is 7. The fourth-order valence-electron chi connectivity index (χ4n) is 2.53. The highest BCUT2D eigenvalue weighted by atomic mass is 32.1. The Labute approximate surface area is 157 Å². The molecule has 0 saturated heterocycles. The summed E-state index contributed by atoms with van der Waals surface area (Å²) in [6.07, 6.45) is 0. The lowest BCUT2D eigenvalue weighted by molar-refractivity contribution is -0.120. The largest absolute Gasteiger partial charge is 0.484 e. The van der Waals surface area contributed by atoms with Crippen molar-refractivity contribution in [2.75, 3.05) is 38.7 Å². The van der Waals surface area contributed by atoms with E-state index >= 15 is 0 Å². The zero-order valence-electron chi connectivity index (χ0n) is 15.3. The van der Waals surface area contributed by atoms with Gasteiger partial charge in [-0.2, -0.15) is 0 Å². The number of para-hydroxylation sites is 1. The molecule has 26 heavy (non-hydrogen) atoms. The van der Waals surface area contributed by atoms with Crippen LogP contribution in [0, 0.1) is 6.92 Å². The summed E-state index contributed by atoms with van der Waals surface area (Å²) in [6.45, 7) is 3.32. The van der Waals surface area contributed by atoms with Crippen LogP contribution in [0.25, 0.3) is 10.2 Å². The number of ether oxygens (including phenoxy) is 1. The number of nitrogens with zero attached hydrogens (tertiary/aromatic N) is 3. The standard InChI is InChI=1S/C20H23N3O2S/c1-15-7-6-8-16(13-15)25-14-19(24)23(12-11-22(2)3)20-21-17-9-4-5-10-18(17)26-20/h4-10,13H,11-12,14H2,1-3H3. The zero-order valence-corrected chi connectivity index (χ0v) is 16.1. The molecule has 1 amide bonds. The Balaban J connectivity index is 1.77. The summed E-state index contributed by atoms with van der Waals surface area (Å²) in [5.41, 5.74) is 2.01. The third-order valence-corrected chi connectivity index (χ3v) is 5.00. The second-order valence-corrected chi connectivity index (χ2v) is 7.43. The number of fused-ring (bicyclic) bond motifs is 1. The second kappa shape index (κ2) is 8.29. The van der Waals surface area contributed by atoms with Crippen LogP contribution in [-0.2, 0) is 4.79 Å². The Hall–Kier alpha value is -2.44. The maximum absolute atomic E-state index is 12.8. The van der Waals surface area contributed by atoms with Gasteiger partial charge >= 0.3 is 0 Å². The quantitative estimate of drug-likeness (QED) is 0.639. The smallest absolute Gasteiger partial charge is 0.266 e. The number of carbonyl (C=O) groups excluding carboxylic acids is 1. The second-order valence-electron chi connectivity index (χ2n) is 6.42. The lowest BCUT2D eigenvalue weighted by Gasteiger charge is -2.22. The molecule has 2 aromatic carbocycles. The summed E-state index contributed by atoms with van der Waals surface area (Å²) in [6, 6.07) is 15.6. The van der Waals surface area contributed by atoms with Crippen LogP contribution in [0.1, 0.15) is 5.56 Å². The summed E-state index contributed by atoms with van der Waals surface area (Å²) in [4.78, 5) is 21.2. The molecule has 0 spiro atoms. The van der Waals surface area contributed by atoms with Gasteiger partial charge in [0.25, 0.3) is 5.91 Å². The molecule has 136 valence electrons. The van der Waals surface area contributed by atoms with Crippen molar-refractivity contribution in [1.29, 1.82) is 0 Å². The Morgan fingerprint density at radius 1 is 1.12 bits per heavy atom. The average Bonchev–Trinajstić information content (AvgIpc) is 3.03. The van der Waals surface area contributed by atoms with Gasteiger partial charge in [0.15, 0.2) is 11.7 Å². The van der Waals surface area contributed by atoms with Crippen molar-refractivity contribution in [1.82, 2.24) is 9.88 Å². The molecule has 0 aliphatic heterocycles. The number of benzene rings is 2. The van der Waals surface area contributed by atoms with Crippen LogP contribution >= 0.6 is 11.3 Å². The molecular weight excluding hydrogens is 346 g/mol. The fraction of sp³-hybridized carbons (Fsp3) is 0.300. The molecule has 5 nitrogen and oxygen atoms in total. The summed E-state index contributed by atoms with van der Waals surface area (Å²) >= 11 is 1.53. The topological polar surface area (TPSA) is 45.7 Å². The maximum Gasteiger partial charge on any atom is 0.266 e. The third-order valence-electron chi connectivity index (χ3n) is 3.94. The number of hydrogen-bond donors (Lipinski definition) is 0. The van der Waals surface area contributed by atoms with E-state index in [0.29, 0.717) is 17.4 Å². The SMILES string of the molecule is Cc1cccc(OCC(=O)N(CCN(C)C)c2nc3ccccc3s2)c1. The molecule has 0 unspecified atom stereocenters. The van der Waals surface area contributed by atoms with Gasteiger partial charge in [-0.3, -0.25) is 9.69 Å². The first-order valence-electron chi connectivity index (χ1n) is 8.53. The van der Waals surface area contributed by atoms with Gasteiger partial charge in [-0.25, -0.2) is 4.98 Å². The molecular formula is C20H23N3O2S. The number of hydrogen-bond acceptors (Lipinski definition) is 5. The number of aryl methyl sites for hydroxylation is 1. The normalized spacial score (nSPS) is 11.1. The molecule has 0 saturated carbocycles. The molecule has 0 atom stereocenters. The van der Waals surface area contributed by atoms with Crippen LogP contribution in [0.15, 0.2) is 48.5 Å². The van der Waals surface area contributed by atoms with Gasteiger partial charge in [-0.1, -0.05) is 35.6 Å². The van der Waals surface area contributed by atoms with E-state index in [1.807, 2.05) is 69.6 Å². The van der Waals surface area contributed by atoms with Gasteiger partial charge in [-0.05, 0) is 50.8 Å². The van der Waals surface area contributed by atoms with E-state index in [2.05, 4.69) is 9.88 Å². The number of aromatic nitrogens is 1. The van der Waals surface area contributed by atoms with Crippen molar-refractivity contribution in [2.45, 2.75) is 6.92 Å². The first-order chi connectivity index (χ1) is 12.5. The fourth-order valence-corrected chi connectivity index (χ4v) is 3.54. The average molecular weight is 369 g/mol. The van der Waals surface area contributed by atoms with Gasteiger partial charge < -0.3 is 9.64 Å². The highest BCUT2D eigenvalue weighted by Crippen LogP contribution is 2.28. The summed E-state index contributed by atoms with van der Waals surface area (Å²) in [7, 11) is 3.98. The molecule has 0 N–H and O–H groups in total. The van der Waals surface area contributed by atoms with Crippen molar-refractivity contribution in [2.24, 2.45) is 0 Å². The molecule has 3 aromatic rings. The molecule has 0 radical (unpaired) electrons. The number of likely N-dealkylation sites (N-methyl/N-ethyl adjacent to an activating group) is 1. The van der Waals surface area contributed by atoms with Crippen LogP contribution in [-0.4, -0.2) is 49.6 Å². The highest BCUT2D eigenvalue weighted by Gasteiger charge is 2.20. The Kier molecular flexibility index (Phi) is 5.85. The monoisotopic (exact) mass is 369 g/mol. The molecule has 6 heteroatoms. The third kappa shape index (κ3) is 4.59.